The summed E-state index contributed by atoms with van der Waals surface area (Å²) >= 11 is 1.71. The molecule has 2 rings (SSSR count). The van der Waals surface area contributed by atoms with E-state index in [0.717, 1.165) is 48.8 Å². The molecule has 0 radical (unpaired) electrons. The Labute approximate surface area is 161 Å². The molecule has 1 aromatic rings. The van der Waals surface area contributed by atoms with Crippen molar-refractivity contribution in [3.8, 4) is 0 Å². The summed E-state index contributed by atoms with van der Waals surface area (Å²) in [6, 6.07) is 1.43. The molecule has 7 heteroatoms. The van der Waals surface area contributed by atoms with E-state index in [9.17, 15) is 0 Å². The van der Waals surface area contributed by atoms with Crippen LogP contribution in [0.3, 0.4) is 0 Å². The summed E-state index contributed by atoms with van der Waals surface area (Å²) in [5.74, 6) is 0.881. The number of hydrogen-bond donors (Lipinski definition) is 2. The Morgan fingerprint density at radius 3 is 2.61 bits per heavy atom. The van der Waals surface area contributed by atoms with Gasteiger partial charge in [0.25, 0.3) is 0 Å². The van der Waals surface area contributed by atoms with E-state index in [2.05, 4.69) is 44.7 Å². The van der Waals surface area contributed by atoms with Gasteiger partial charge in [-0.1, -0.05) is 0 Å². The number of halogens is 1. The third-order valence-electron chi connectivity index (χ3n) is 3.91. The highest BCUT2D eigenvalue weighted by Crippen LogP contribution is 2.27. The average molecular weight is 451 g/mol. The first kappa shape index (κ1) is 20.6. The van der Waals surface area contributed by atoms with Gasteiger partial charge in [-0.2, -0.15) is 0 Å². The molecular weight excluding hydrogens is 421 g/mol. The van der Waals surface area contributed by atoms with Crippen molar-refractivity contribution in [2.75, 3.05) is 26.7 Å². The van der Waals surface area contributed by atoms with Crippen LogP contribution in [0.15, 0.2) is 10.4 Å². The molecule has 0 saturated heterocycles. The first-order chi connectivity index (χ1) is 10.6. The molecule has 1 aliphatic rings. The monoisotopic (exact) mass is 451 g/mol. The summed E-state index contributed by atoms with van der Waals surface area (Å²) in [5.41, 5.74) is 1.16. The molecule has 23 heavy (non-hydrogen) atoms. The van der Waals surface area contributed by atoms with E-state index in [1.807, 2.05) is 14.0 Å². The van der Waals surface area contributed by atoms with E-state index >= 15 is 0 Å². The molecule has 2 N–H and O–H groups in total. The van der Waals surface area contributed by atoms with Gasteiger partial charge in [0.2, 0.25) is 0 Å². The fourth-order valence-electron chi connectivity index (χ4n) is 2.62. The van der Waals surface area contributed by atoms with Gasteiger partial charge < -0.3 is 10.6 Å². The number of hydrogen-bond acceptors (Lipinski definition) is 4. The Bertz CT molecular complexity index is 483. The molecule has 0 amide bonds. The summed E-state index contributed by atoms with van der Waals surface area (Å²) in [7, 11) is 1.82. The molecule has 0 spiro atoms. The van der Waals surface area contributed by atoms with Crippen LogP contribution in [0.4, 0.5) is 0 Å². The summed E-state index contributed by atoms with van der Waals surface area (Å²) in [5, 5.41) is 10.0. The Kier molecular flexibility index (Phi) is 9.38. The van der Waals surface area contributed by atoms with Gasteiger partial charge in [-0.05, 0) is 33.6 Å². The van der Waals surface area contributed by atoms with Crippen LogP contribution in [-0.2, 0) is 6.42 Å². The van der Waals surface area contributed by atoms with E-state index in [1.165, 1.54) is 12.8 Å². The molecule has 1 heterocycles. The molecule has 0 aromatic carbocycles. The van der Waals surface area contributed by atoms with Gasteiger partial charge in [0.1, 0.15) is 0 Å². The zero-order chi connectivity index (χ0) is 15.9. The van der Waals surface area contributed by atoms with Crippen LogP contribution in [0.2, 0.25) is 0 Å². The number of thiazole rings is 1. The van der Waals surface area contributed by atoms with Gasteiger partial charge in [-0.25, -0.2) is 4.98 Å². The minimum Gasteiger partial charge on any atom is -0.356 e. The predicted molar refractivity (Wildman–Crippen MR) is 110 cm³/mol. The molecule has 1 saturated carbocycles. The SMILES string of the molecule is CN=C(NCCc1csc(C)n1)NCCN(C(C)C)C1CC1.I. The minimum absolute atomic E-state index is 0. The summed E-state index contributed by atoms with van der Waals surface area (Å²) in [6.07, 6.45) is 3.65. The van der Waals surface area contributed by atoms with Crippen LogP contribution in [0.1, 0.15) is 37.4 Å². The fourth-order valence-corrected chi connectivity index (χ4v) is 3.27. The molecule has 5 nitrogen and oxygen atoms in total. The summed E-state index contributed by atoms with van der Waals surface area (Å²) in [6.45, 7) is 9.47. The molecule has 0 atom stereocenters. The van der Waals surface area contributed by atoms with E-state index in [4.69, 9.17) is 0 Å². The number of aryl methyl sites for hydroxylation is 1. The number of nitrogens with one attached hydrogen (secondary N) is 2. The van der Waals surface area contributed by atoms with Crippen molar-refractivity contribution in [1.29, 1.82) is 0 Å². The molecular formula is C16H30IN5S. The van der Waals surface area contributed by atoms with Crippen LogP contribution < -0.4 is 10.6 Å². The van der Waals surface area contributed by atoms with Gasteiger partial charge in [-0.3, -0.25) is 9.89 Å². The zero-order valence-electron chi connectivity index (χ0n) is 14.6. The second kappa shape index (κ2) is 10.5. The van der Waals surface area contributed by atoms with Crippen LogP contribution in [-0.4, -0.2) is 54.6 Å². The lowest BCUT2D eigenvalue weighted by atomic mass is 10.3. The van der Waals surface area contributed by atoms with Crippen LogP contribution >= 0.6 is 35.3 Å². The van der Waals surface area contributed by atoms with Gasteiger partial charge in [0, 0.05) is 50.6 Å². The Morgan fingerprint density at radius 2 is 2.09 bits per heavy atom. The number of guanidine groups is 1. The number of aliphatic imine (C=N–C) groups is 1. The van der Waals surface area contributed by atoms with Gasteiger partial charge >= 0.3 is 0 Å². The van der Waals surface area contributed by atoms with Crippen molar-refractivity contribution in [3.63, 3.8) is 0 Å². The van der Waals surface area contributed by atoms with Crippen LogP contribution in [0.25, 0.3) is 0 Å². The predicted octanol–water partition coefficient (Wildman–Crippen LogP) is 2.65. The number of rotatable bonds is 8. The Balaban J connectivity index is 0.00000264. The van der Waals surface area contributed by atoms with Crippen molar-refractivity contribution >= 4 is 41.3 Å². The zero-order valence-corrected chi connectivity index (χ0v) is 17.8. The largest absolute Gasteiger partial charge is 0.356 e. The quantitative estimate of drug-likeness (QED) is 0.363. The van der Waals surface area contributed by atoms with Crippen molar-refractivity contribution in [1.82, 2.24) is 20.5 Å². The normalized spacial score (nSPS) is 15.0. The minimum atomic E-state index is 0. The second-order valence-corrected chi connectivity index (χ2v) is 7.16. The highest BCUT2D eigenvalue weighted by atomic mass is 127. The highest BCUT2D eigenvalue weighted by molar-refractivity contribution is 14.0. The van der Waals surface area contributed by atoms with Crippen molar-refractivity contribution in [3.05, 3.63) is 16.1 Å². The number of nitrogens with zero attached hydrogens (tertiary/aromatic N) is 3. The van der Waals surface area contributed by atoms with Crippen LogP contribution in [0.5, 0.6) is 0 Å². The van der Waals surface area contributed by atoms with Gasteiger partial charge in [0.15, 0.2) is 5.96 Å². The first-order valence-corrected chi connectivity index (χ1v) is 9.09. The fraction of sp³-hybridized carbons (Fsp3) is 0.750. The smallest absolute Gasteiger partial charge is 0.191 e. The maximum Gasteiger partial charge on any atom is 0.191 e. The van der Waals surface area contributed by atoms with E-state index in [0.29, 0.717) is 6.04 Å². The second-order valence-electron chi connectivity index (χ2n) is 6.10. The lowest BCUT2D eigenvalue weighted by molar-refractivity contribution is 0.215. The molecule has 0 bridgehead atoms. The van der Waals surface area contributed by atoms with E-state index < -0.39 is 0 Å². The Hall–Kier alpha value is -0.410. The van der Waals surface area contributed by atoms with Crippen molar-refractivity contribution in [2.45, 2.75) is 52.1 Å². The molecule has 132 valence electrons. The topological polar surface area (TPSA) is 52.6 Å². The lowest BCUT2D eigenvalue weighted by Gasteiger charge is -2.26. The molecule has 1 fully saturated rings. The van der Waals surface area contributed by atoms with E-state index in [-0.39, 0.29) is 24.0 Å². The molecule has 0 unspecified atom stereocenters. The maximum absolute atomic E-state index is 4.48. The molecule has 1 aromatic heterocycles. The Morgan fingerprint density at radius 1 is 1.39 bits per heavy atom. The standard InChI is InChI=1S/C16H29N5S.HI/c1-12(2)21(15-5-6-15)10-9-19-16(17-4)18-8-7-14-11-22-13(3)20-14;/h11-12,15H,5-10H2,1-4H3,(H2,17,18,19);1H. The van der Waals surface area contributed by atoms with Gasteiger partial charge in [0.05, 0.1) is 10.7 Å². The van der Waals surface area contributed by atoms with Crippen molar-refractivity contribution < 1.29 is 0 Å². The van der Waals surface area contributed by atoms with E-state index in [1.54, 1.807) is 11.3 Å². The highest BCUT2D eigenvalue weighted by Gasteiger charge is 2.29. The van der Waals surface area contributed by atoms with Crippen LogP contribution in [0, 0.1) is 6.92 Å². The maximum atomic E-state index is 4.48. The van der Waals surface area contributed by atoms with Gasteiger partial charge in [-0.15, -0.1) is 35.3 Å². The summed E-state index contributed by atoms with van der Waals surface area (Å²) in [4.78, 5) is 11.3. The third-order valence-corrected chi connectivity index (χ3v) is 4.73. The summed E-state index contributed by atoms with van der Waals surface area (Å²) < 4.78 is 0. The number of aromatic nitrogens is 1. The first-order valence-electron chi connectivity index (χ1n) is 8.21. The third kappa shape index (κ3) is 7.34. The average Bonchev–Trinajstić information content (AvgIpc) is 3.23. The van der Waals surface area contributed by atoms with Crippen molar-refractivity contribution in [2.24, 2.45) is 4.99 Å². The lowest BCUT2D eigenvalue weighted by Crippen LogP contribution is -2.44. The molecule has 0 aliphatic heterocycles. The molecule has 1 aliphatic carbocycles.